The van der Waals surface area contributed by atoms with Gasteiger partial charge in [0.15, 0.2) is 6.36 Å². The van der Waals surface area contributed by atoms with Gasteiger partial charge in [0.2, 0.25) is 0 Å². The summed E-state index contributed by atoms with van der Waals surface area (Å²) in [6.45, 7) is 0. The van der Waals surface area contributed by atoms with Gasteiger partial charge in [0.25, 0.3) is 0 Å². The molecule has 13 heavy (non-hydrogen) atoms. The third kappa shape index (κ3) is 1.76. The molecule has 1 saturated carbocycles. The van der Waals surface area contributed by atoms with Gasteiger partial charge in [0.05, 0.1) is 6.10 Å². The van der Waals surface area contributed by atoms with E-state index in [1.54, 1.807) is 0 Å². The van der Waals surface area contributed by atoms with E-state index in [9.17, 15) is 9.50 Å². The largest absolute Gasteiger partial charge is 0.393 e. The van der Waals surface area contributed by atoms with Crippen LogP contribution in [0.2, 0.25) is 0 Å². The lowest BCUT2D eigenvalue weighted by molar-refractivity contribution is -0.0259. The first-order valence-electron chi connectivity index (χ1n) is 4.85. The van der Waals surface area contributed by atoms with E-state index in [1.165, 1.54) is 0 Å². The number of rotatable bonds is 3. The van der Waals surface area contributed by atoms with Gasteiger partial charge in [0, 0.05) is 6.42 Å². The first-order valence-corrected chi connectivity index (χ1v) is 4.85. The third-order valence-electron chi connectivity index (χ3n) is 3.26. The standard InChI is InChI=1S/C10H15FO2/c11-10(13)5-9(12)8-4-6-1-2-7(8)3-6/h1-2,6-10,12-13H,3-5H2. The molecule has 0 aliphatic heterocycles. The predicted molar refractivity (Wildman–Crippen MR) is 46.6 cm³/mol. The molecule has 5 unspecified atom stereocenters. The van der Waals surface area contributed by atoms with Crippen LogP contribution in [-0.2, 0) is 0 Å². The third-order valence-corrected chi connectivity index (χ3v) is 3.26. The molecule has 74 valence electrons. The minimum atomic E-state index is -1.88. The summed E-state index contributed by atoms with van der Waals surface area (Å²) in [5, 5.41) is 18.1. The number of fused-ring (bicyclic) bond motifs is 2. The Bertz CT molecular complexity index is 215. The van der Waals surface area contributed by atoms with Crippen molar-refractivity contribution in [2.75, 3.05) is 0 Å². The monoisotopic (exact) mass is 186 g/mol. The van der Waals surface area contributed by atoms with Crippen molar-refractivity contribution < 1.29 is 14.6 Å². The van der Waals surface area contributed by atoms with Gasteiger partial charge >= 0.3 is 0 Å². The fourth-order valence-corrected chi connectivity index (χ4v) is 2.64. The normalized spacial score (nSPS) is 41.0. The van der Waals surface area contributed by atoms with E-state index >= 15 is 0 Å². The van der Waals surface area contributed by atoms with Gasteiger partial charge in [-0.1, -0.05) is 12.2 Å². The number of hydrogen-bond donors (Lipinski definition) is 2. The summed E-state index contributed by atoms with van der Waals surface area (Å²) in [6.07, 6.45) is 3.66. The summed E-state index contributed by atoms with van der Waals surface area (Å²) in [5.41, 5.74) is 0. The minimum absolute atomic E-state index is 0.137. The topological polar surface area (TPSA) is 40.5 Å². The summed E-state index contributed by atoms with van der Waals surface area (Å²) in [4.78, 5) is 0. The molecular formula is C10H15FO2. The molecule has 2 aliphatic carbocycles. The zero-order valence-corrected chi connectivity index (χ0v) is 7.44. The Morgan fingerprint density at radius 3 is 2.54 bits per heavy atom. The summed E-state index contributed by atoms with van der Waals surface area (Å²) >= 11 is 0. The van der Waals surface area contributed by atoms with Crippen LogP contribution >= 0.6 is 0 Å². The lowest BCUT2D eigenvalue weighted by Crippen LogP contribution is -2.27. The van der Waals surface area contributed by atoms with Gasteiger partial charge in [0.1, 0.15) is 0 Å². The van der Waals surface area contributed by atoms with Crippen LogP contribution < -0.4 is 0 Å². The average molecular weight is 186 g/mol. The minimum Gasteiger partial charge on any atom is -0.393 e. The van der Waals surface area contributed by atoms with Crippen molar-refractivity contribution in [1.82, 2.24) is 0 Å². The Morgan fingerprint density at radius 2 is 2.08 bits per heavy atom. The predicted octanol–water partition coefficient (Wildman–Crippen LogP) is 1.24. The summed E-state index contributed by atoms with van der Waals surface area (Å²) in [5.74, 6) is 1.17. The van der Waals surface area contributed by atoms with E-state index in [4.69, 9.17) is 5.11 Å². The maximum atomic E-state index is 12.2. The van der Waals surface area contributed by atoms with Crippen LogP contribution in [0.5, 0.6) is 0 Å². The number of hydrogen-bond acceptors (Lipinski definition) is 2. The second-order valence-electron chi connectivity index (χ2n) is 4.18. The fraction of sp³-hybridized carbons (Fsp3) is 0.800. The van der Waals surface area contributed by atoms with Crippen molar-refractivity contribution in [3.05, 3.63) is 12.2 Å². The van der Waals surface area contributed by atoms with Gasteiger partial charge in [-0.2, -0.15) is 0 Å². The smallest absolute Gasteiger partial charge is 0.198 e. The molecule has 0 aromatic carbocycles. The Hall–Kier alpha value is -0.410. The Balaban J connectivity index is 1.91. The number of halogens is 1. The quantitative estimate of drug-likeness (QED) is 0.651. The molecule has 2 N–H and O–H groups in total. The van der Waals surface area contributed by atoms with Gasteiger partial charge in [-0.05, 0) is 30.6 Å². The number of aliphatic hydroxyl groups is 2. The van der Waals surface area contributed by atoms with E-state index in [0.29, 0.717) is 11.8 Å². The molecule has 0 saturated heterocycles. The highest BCUT2D eigenvalue weighted by atomic mass is 19.1. The molecule has 0 heterocycles. The van der Waals surface area contributed by atoms with Crippen LogP contribution in [0.1, 0.15) is 19.3 Å². The maximum Gasteiger partial charge on any atom is 0.198 e. The van der Waals surface area contributed by atoms with Crippen molar-refractivity contribution in [2.24, 2.45) is 17.8 Å². The molecule has 2 aliphatic rings. The number of allylic oxidation sites excluding steroid dienone is 2. The van der Waals surface area contributed by atoms with Gasteiger partial charge in [-0.15, -0.1) is 0 Å². The van der Waals surface area contributed by atoms with Crippen molar-refractivity contribution in [2.45, 2.75) is 31.7 Å². The average Bonchev–Trinajstić information content (AvgIpc) is 2.62. The number of aliphatic hydroxyl groups excluding tert-OH is 2. The second-order valence-corrected chi connectivity index (χ2v) is 4.18. The van der Waals surface area contributed by atoms with Gasteiger partial charge in [-0.25, -0.2) is 4.39 Å². The highest BCUT2D eigenvalue weighted by molar-refractivity contribution is 5.11. The SMILES string of the molecule is OC(F)CC(O)C1CC2C=CC1C2. The van der Waals surface area contributed by atoms with Crippen molar-refractivity contribution in [3.8, 4) is 0 Å². The van der Waals surface area contributed by atoms with Crippen molar-refractivity contribution in [3.63, 3.8) is 0 Å². The molecule has 0 spiro atoms. The maximum absolute atomic E-state index is 12.2. The van der Waals surface area contributed by atoms with Crippen LogP contribution in [0, 0.1) is 17.8 Å². The van der Waals surface area contributed by atoms with Crippen LogP contribution in [-0.4, -0.2) is 22.7 Å². The molecule has 2 nitrogen and oxygen atoms in total. The van der Waals surface area contributed by atoms with Crippen LogP contribution in [0.15, 0.2) is 12.2 Å². The Labute approximate surface area is 77.1 Å². The zero-order chi connectivity index (χ0) is 9.42. The molecule has 5 atom stereocenters. The molecule has 0 aromatic heterocycles. The van der Waals surface area contributed by atoms with Crippen molar-refractivity contribution >= 4 is 0 Å². The lowest BCUT2D eigenvalue weighted by Gasteiger charge is -2.24. The Kier molecular flexibility index (Phi) is 2.39. The lowest BCUT2D eigenvalue weighted by atomic mass is 9.87. The number of alkyl halides is 1. The molecule has 3 heteroatoms. The summed E-state index contributed by atoms with van der Waals surface area (Å²) in [7, 11) is 0. The molecule has 0 radical (unpaired) electrons. The molecule has 2 rings (SSSR count). The second kappa shape index (κ2) is 3.39. The first kappa shape index (κ1) is 9.16. The molecular weight excluding hydrogens is 171 g/mol. The van der Waals surface area contributed by atoms with Crippen LogP contribution in [0.3, 0.4) is 0 Å². The highest BCUT2D eigenvalue weighted by Gasteiger charge is 2.39. The molecule has 0 aromatic rings. The van der Waals surface area contributed by atoms with Crippen molar-refractivity contribution in [1.29, 1.82) is 0 Å². The van der Waals surface area contributed by atoms with E-state index in [0.717, 1.165) is 12.8 Å². The van der Waals surface area contributed by atoms with Crippen LogP contribution in [0.25, 0.3) is 0 Å². The van der Waals surface area contributed by atoms with Crippen LogP contribution in [0.4, 0.5) is 4.39 Å². The van der Waals surface area contributed by atoms with E-state index in [2.05, 4.69) is 12.2 Å². The molecule has 1 fully saturated rings. The summed E-state index contributed by atoms with van der Waals surface area (Å²) in [6, 6.07) is 0. The van der Waals surface area contributed by atoms with E-state index in [1.807, 2.05) is 0 Å². The molecule has 0 amide bonds. The van der Waals surface area contributed by atoms with E-state index in [-0.39, 0.29) is 12.3 Å². The fourth-order valence-electron chi connectivity index (χ4n) is 2.64. The summed E-state index contributed by atoms with van der Waals surface area (Å²) < 4.78 is 12.2. The zero-order valence-electron chi connectivity index (χ0n) is 7.44. The van der Waals surface area contributed by atoms with Gasteiger partial charge in [-0.3, -0.25) is 0 Å². The van der Waals surface area contributed by atoms with E-state index < -0.39 is 12.5 Å². The Morgan fingerprint density at radius 1 is 1.31 bits per heavy atom. The van der Waals surface area contributed by atoms with Gasteiger partial charge < -0.3 is 10.2 Å². The molecule has 2 bridgehead atoms. The first-order chi connectivity index (χ1) is 6.16. The highest BCUT2D eigenvalue weighted by Crippen LogP contribution is 2.45.